The Balaban J connectivity index is 1.71. The van der Waals surface area contributed by atoms with Crippen molar-refractivity contribution in [2.75, 3.05) is 0 Å². The molecule has 0 unspecified atom stereocenters. The van der Waals surface area contributed by atoms with E-state index in [1.165, 1.54) is 47.7 Å². The van der Waals surface area contributed by atoms with Crippen LogP contribution < -0.4 is 5.19 Å². The maximum atomic E-state index is 5.31. The zero-order chi connectivity index (χ0) is 26.8. The monoisotopic (exact) mass is 532 g/mol. The van der Waals surface area contributed by atoms with Crippen molar-refractivity contribution in [1.82, 2.24) is 9.55 Å². The molecular formula is C34H36N2SSi. The van der Waals surface area contributed by atoms with E-state index in [1.807, 2.05) is 11.3 Å². The average molecular weight is 533 g/mol. The van der Waals surface area contributed by atoms with Gasteiger partial charge in [-0.15, -0.1) is 11.3 Å². The molecule has 2 heterocycles. The van der Waals surface area contributed by atoms with Crippen molar-refractivity contribution in [3.05, 3.63) is 90.0 Å². The van der Waals surface area contributed by atoms with E-state index in [-0.39, 0.29) is 0 Å². The largest absolute Gasteiger partial charge is 0.292 e. The summed E-state index contributed by atoms with van der Waals surface area (Å²) >= 11 is 1.92. The molecule has 2 nitrogen and oxygen atoms in total. The van der Waals surface area contributed by atoms with Gasteiger partial charge in [0, 0.05) is 25.7 Å². The highest BCUT2D eigenvalue weighted by Crippen LogP contribution is 2.42. The Kier molecular flexibility index (Phi) is 6.08. The maximum absolute atomic E-state index is 5.31. The predicted octanol–water partition coefficient (Wildman–Crippen LogP) is 9.85. The summed E-state index contributed by atoms with van der Waals surface area (Å²) in [6.07, 6.45) is 0. The lowest BCUT2D eigenvalue weighted by Gasteiger charge is -2.22. The molecule has 4 heteroatoms. The van der Waals surface area contributed by atoms with Crippen molar-refractivity contribution in [2.45, 2.75) is 59.2 Å². The molecule has 0 atom stereocenters. The molecule has 0 aliphatic heterocycles. The summed E-state index contributed by atoms with van der Waals surface area (Å²) in [5.74, 6) is 1.83. The van der Waals surface area contributed by atoms with Gasteiger partial charge >= 0.3 is 0 Å². The van der Waals surface area contributed by atoms with Crippen LogP contribution in [0, 0.1) is 0 Å². The molecule has 192 valence electrons. The highest BCUT2D eigenvalue weighted by atomic mass is 32.1. The molecular weight excluding hydrogens is 497 g/mol. The lowest BCUT2D eigenvalue weighted by Crippen LogP contribution is -2.37. The number of rotatable bonds is 5. The normalized spacial score (nSPS) is 12.6. The summed E-state index contributed by atoms with van der Waals surface area (Å²) in [5.41, 5.74) is 7.43. The highest BCUT2D eigenvalue weighted by Gasteiger charge is 2.24. The van der Waals surface area contributed by atoms with Crippen LogP contribution in [0.4, 0.5) is 0 Å². The lowest BCUT2D eigenvalue weighted by molar-refractivity contribution is 0.811. The Hall–Kier alpha value is -3.21. The average Bonchev–Trinajstić information content (AvgIpc) is 3.45. The molecule has 0 aliphatic rings. The number of fused-ring (bicyclic) bond motifs is 4. The van der Waals surface area contributed by atoms with Crippen molar-refractivity contribution < 1.29 is 0 Å². The molecule has 38 heavy (non-hydrogen) atoms. The number of benzene rings is 4. The third-order valence-electron chi connectivity index (χ3n) is 7.73. The number of nitrogens with zero attached hydrogens (tertiary/aromatic N) is 2. The Morgan fingerprint density at radius 1 is 0.737 bits per heavy atom. The van der Waals surface area contributed by atoms with Crippen LogP contribution >= 0.6 is 11.3 Å². The van der Waals surface area contributed by atoms with E-state index in [1.54, 1.807) is 0 Å². The number of hydrogen-bond donors (Lipinski definition) is 0. The first-order valence-corrected chi connectivity index (χ1v) is 18.0. The third-order valence-corrected chi connectivity index (χ3v) is 11.0. The van der Waals surface area contributed by atoms with Gasteiger partial charge in [-0.2, -0.15) is 0 Å². The molecule has 0 bridgehead atoms. The van der Waals surface area contributed by atoms with Crippen molar-refractivity contribution in [3.8, 4) is 17.1 Å². The quantitative estimate of drug-likeness (QED) is 0.202. The topological polar surface area (TPSA) is 17.8 Å². The van der Waals surface area contributed by atoms with E-state index in [0.717, 1.165) is 16.9 Å². The predicted molar refractivity (Wildman–Crippen MR) is 171 cm³/mol. The van der Waals surface area contributed by atoms with Gasteiger partial charge in [-0.25, -0.2) is 4.98 Å². The van der Waals surface area contributed by atoms with Gasteiger partial charge in [0.15, 0.2) is 0 Å². The van der Waals surface area contributed by atoms with Gasteiger partial charge in [-0.05, 0) is 47.2 Å². The molecule has 6 rings (SSSR count). The minimum absolute atomic E-state index is 0.401. The van der Waals surface area contributed by atoms with E-state index in [2.05, 4.69) is 131 Å². The molecule has 0 amide bonds. The van der Waals surface area contributed by atoms with Crippen LogP contribution in [0.1, 0.15) is 50.7 Å². The van der Waals surface area contributed by atoms with Crippen molar-refractivity contribution in [1.29, 1.82) is 0 Å². The lowest BCUT2D eigenvalue weighted by atomic mass is 9.92. The van der Waals surface area contributed by atoms with Gasteiger partial charge in [0.1, 0.15) is 5.82 Å². The number of para-hydroxylation sites is 3. The Morgan fingerprint density at radius 3 is 2.11 bits per heavy atom. The summed E-state index contributed by atoms with van der Waals surface area (Å²) in [4.78, 5) is 5.31. The summed E-state index contributed by atoms with van der Waals surface area (Å²) in [5, 5.41) is 4.18. The molecule has 0 spiro atoms. The van der Waals surface area contributed by atoms with E-state index < -0.39 is 8.07 Å². The van der Waals surface area contributed by atoms with Crippen molar-refractivity contribution in [2.24, 2.45) is 0 Å². The Bertz CT molecular complexity index is 1790. The molecule has 0 aliphatic carbocycles. The van der Waals surface area contributed by atoms with Crippen molar-refractivity contribution in [3.63, 3.8) is 0 Å². The summed E-state index contributed by atoms with van der Waals surface area (Å²) in [7, 11) is -1.40. The first-order chi connectivity index (χ1) is 18.1. The summed E-state index contributed by atoms with van der Waals surface area (Å²) in [6, 6.07) is 29.3. The van der Waals surface area contributed by atoms with Crippen LogP contribution in [0.25, 0.3) is 48.3 Å². The summed E-state index contributed by atoms with van der Waals surface area (Å²) in [6.45, 7) is 16.5. The van der Waals surface area contributed by atoms with Crippen LogP contribution in [-0.4, -0.2) is 17.6 Å². The van der Waals surface area contributed by atoms with E-state index >= 15 is 0 Å². The molecule has 6 aromatic rings. The Labute approximate surface area is 231 Å². The molecule has 0 N–H and O–H groups in total. The van der Waals surface area contributed by atoms with Crippen LogP contribution in [0.5, 0.6) is 0 Å². The number of thiophene rings is 1. The fourth-order valence-electron chi connectivity index (χ4n) is 5.64. The maximum Gasteiger partial charge on any atom is 0.147 e. The van der Waals surface area contributed by atoms with Crippen LogP contribution in [0.3, 0.4) is 0 Å². The number of hydrogen-bond acceptors (Lipinski definition) is 2. The summed E-state index contributed by atoms with van der Waals surface area (Å²) < 4.78 is 5.15. The second-order valence-corrected chi connectivity index (χ2v) is 18.2. The van der Waals surface area contributed by atoms with Crippen molar-refractivity contribution >= 4 is 55.8 Å². The first-order valence-electron chi connectivity index (χ1n) is 13.7. The molecule has 0 saturated carbocycles. The molecule has 2 aromatic heterocycles. The van der Waals surface area contributed by atoms with Crippen LogP contribution in [-0.2, 0) is 0 Å². The third kappa shape index (κ3) is 4.02. The standard InChI is InChI=1S/C34H36N2SSi/c1-21(2)24-12-10-13-25(22(3)4)32(24)36-30-17-9-8-16-29(30)35-34(36)28-15-11-14-27-26-19-18-23(38(5,6)7)20-31(26)37-33(27)28/h8-22H,1-7H3. The molecule has 0 radical (unpaired) electrons. The zero-order valence-corrected chi connectivity index (χ0v) is 25.3. The minimum atomic E-state index is -1.40. The second-order valence-electron chi connectivity index (χ2n) is 12.1. The van der Waals surface area contributed by atoms with E-state index in [0.29, 0.717) is 11.8 Å². The highest BCUT2D eigenvalue weighted by molar-refractivity contribution is 7.26. The van der Waals surface area contributed by atoms with Gasteiger partial charge in [-0.1, -0.05) is 107 Å². The van der Waals surface area contributed by atoms with Gasteiger partial charge in [-0.3, -0.25) is 4.57 Å². The minimum Gasteiger partial charge on any atom is -0.292 e. The van der Waals surface area contributed by atoms with E-state index in [4.69, 9.17) is 4.98 Å². The SMILES string of the molecule is CC(C)c1cccc(C(C)C)c1-n1c(-c2cccc3c2sc2cc([Si](C)(C)C)ccc23)nc2ccccc21. The number of aromatic nitrogens is 2. The second kappa shape index (κ2) is 9.21. The Morgan fingerprint density at radius 2 is 1.42 bits per heavy atom. The van der Waals surface area contributed by atoms with Gasteiger partial charge in [0.2, 0.25) is 0 Å². The zero-order valence-electron chi connectivity index (χ0n) is 23.5. The fraction of sp³-hybridized carbons (Fsp3) is 0.265. The van der Waals surface area contributed by atoms with E-state index in [9.17, 15) is 0 Å². The number of imidazole rings is 1. The first kappa shape index (κ1) is 25.1. The smallest absolute Gasteiger partial charge is 0.147 e. The molecule has 4 aromatic carbocycles. The fourth-order valence-corrected chi connectivity index (χ4v) is 8.16. The van der Waals surface area contributed by atoms with Gasteiger partial charge in [0.05, 0.1) is 24.8 Å². The molecule has 0 saturated heterocycles. The van der Waals surface area contributed by atoms with Crippen LogP contribution in [0.15, 0.2) is 78.9 Å². The van der Waals surface area contributed by atoms with Gasteiger partial charge in [0.25, 0.3) is 0 Å². The van der Waals surface area contributed by atoms with Gasteiger partial charge < -0.3 is 0 Å². The molecule has 0 fully saturated rings. The van der Waals surface area contributed by atoms with Crippen LogP contribution in [0.2, 0.25) is 19.6 Å².